The van der Waals surface area contributed by atoms with Gasteiger partial charge in [-0.15, -0.1) is 23.1 Å². The molecule has 7 heteroatoms. The number of benzene rings is 1. The van der Waals surface area contributed by atoms with E-state index in [9.17, 15) is 10.4 Å². The third kappa shape index (κ3) is 2.84. The van der Waals surface area contributed by atoms with Crippen LogP contribution < -0.4 is 5.32 Å². The van der Waals surface area contributed by atoms with Gasteiger partial charge >= 0.3 is 0 Å². The van der Waals surface area contributed by atoms with Crippen molar-refractivity contribution in [1.29, 1.82) is 5.26 Å². The van der Waals surface area contributed by atoms with Crippen molar-refractivity contribution in [2.45, 2.75) is 17.1 Å². The standard InChI is InChI=1S/C18H14N4OS2/c1-24-17-15-13(14(8-19)25-17)7-2-10-9-20-18(22-16(10)15)21-11-3-5-12(23)6-4-11/h3-6,9,23H,2,7H2,1H3,(H,20,21,22). The number of thiophene rings is 1. The lowest BCUT2D eigenvalue weighted by Crippen LogP contribution is -2.08. The first-order chi connectivity index (χ1) is 12.2. The lowest BCUT2D eigenvalue weighted by molar-refractivity contribution is 0.475. The predicted octanol–water partition coefficient (Wildman–Crippen LogP) is 4.35. The Morgan fingerprint density at radius 2 is 2.08 bits per heavy atom. The van der Waals surface area contributed by atoms with Crippen LogP contribution in [0, 0.1) is 11.3 Å². The lowest BCUT2D eigenvalue weighted by atomic mass is 9.92. The number of fused-ring (bicyclic) bond motifs is 3. The minimum Gasteiger partial charge on any atom is -0.508 e. The van der Waals surface area contributed by atoms with Gasteiger partial charge < -0.3 is 10.4 Å². The molecule has 0 amide bonds. The summed E-state index contributed by atoms with van der Waals surface area (Å²) in [5, 5.41) is 22.0. The Morgan fingerprint density at radius 1 is 1.28 bits per heavy atom. The van der Waals surface area contributed by atoms with Gasteiger partial charge in [-0.05, 0) is 54.5 Å². The van der Waals surface area contributed by atoms with Gasteiger partial charge in [0.15, 0.2) is 0 Å². The third-order valence-corrected chi connectivity index (χ3v) is 6.39. The van der Waals surface area contributed by atoms with E-state index >= 15 is 0 Å². The molecule has 4 rings (SSSR count). The maximum Gasteiger partial charge on any atom is 0.227 e. The van der Waals surface area contributed by atoms with Crippen LogP contribution in [0.2, 0.25) is 0 Å². The Morgan fingerprint density at radius 3 is 2.80 bits per heavy atom. The second kappa shape index (κ2) is 6.39. The number of rotatable bonds is 3. The van der Waals surface area contributed by atoms with Crippen molar-refractivity contribution in [2.75, 3.05) is 11.6 Å². The van der Waals surface area contributed by atoms with E-state index in [1.165, 1.54) is 0 Å². The number of nitriles is 1. The average Bonchev–Trinajstić information content (AvgIpc) is 3.02. The van der Waals surface area contributed by atoms with Gasteiger partial charge in [0.1, 0.15) is 16.7 Å². The SMILES string of the molecule is CSc1sc(C#N)c2c1-c1nc(Nc3ccc(O)cc3)ncc1CC2. The molecule has 3 aromatic rings. The second-order valence-electron chi connectivity index (χ2n) is 5.63. The summed E-state index contributed by atoms with van der Waals surface area (Å²) < 4.78 is 1.13. The Hall–Kier alpha value is -2.56. The number of nitrogens with one attached hydrogen (secondary N) is 1. The summed E-state index contributed by atoms with van der Waals surface area (Å²) in [6.07, 6.45) is 5.59. The molecule has 0 spiro atoms. The normalized spacial score (nSPS) is 12.2. The van der Waals surface area contributed by atoms with Crippen LogP contribution in [0.25, 0.3) is 11.3 Å². The minimum atomic E-state index is 0.216. The van der Waals surface area contributed by atoms with E-state index in [0.29, 0.717) is 5.95 Å². The molecule has 1 aliphatic carbocycles. The molecule has 2 heterocycles. The van der Waals surface area contributed by atoms with Crippen molar-refractivity contribution in [3.8, 4) is 23.1 Å². The van der Waals surface area contributed by atoms with E-state index in [1.54, 1.807) is 47.4 Å². The van der Waals surface area contributed by atoms with E-state index in [4.69, 9.17) is 4.98 Å². The Kier molecular flexibility index (Phi) is 4.07. The highest BCUT2D eigenvalue weighted by molar-refractivity contribution is 8.00. The highest BCUT2D eigenvalue weighted by atomic mass is 32.2. The molecule has 0 bridgehead atoms. The van der Waals surface area contributed by atoms with Crippen LogP contribution in [0.1, 0.15) is 16.0 Å². The fourth-order valence-electron chi connectivity index (χ4n) is 2.95. The molecule has 0 saturated heterocycles. The quantitative estimate of drug-likeness (QED) is 0.530. The number of nitrogens with zero attached hydrogens (tertiary/aromatic N) is 3. The van der Waals surface area contributed by atoms with Gasteiger partial charge in [-0.25, -0.2) is 9.97 Å². The fraction of sp³-hybridized carbons (Fsp3) is 0.167. The molecule has 0 fully saturated rings. The number of phenols is 1. The van der Waals surface area contributed by atoms with Crippen LogP contribution in [-0.2, 0) is 12.8 Å². The van der Waals surface area contributed by atoms with Gasteiger partial charge in [-0.2, -0.15) is 5.26 Å². The molecule has 0 unspecified atom stereocenters. The number of phenolic OH excluding ortho intramolecular Hbond substituents is 1. The Labute approximate surface area is 153 Å². The maximum atomic E-state index is 9.41. The number of anilines is 2. The molecule has 25 heavy (non-hydrogen) atoms. The molecule has 5 nitrogen and oxygen atoms in total. The van der Waals surface area contributed by atoms with E-state index in [1.807, 2.05) is 12.5 Å². The van der Waals surface area contributed by atoms with Gasteiger partial charge in [0.05, 0.1) is 9.90 Å². The summed E-state index contributed by atoms with van der Waals surface area (Å²) in [6, 6.07) is 9.10. The first-order valence-electron chi connectivity index (χ1n) is 7.71. The number of hydrogen-bond donors (Lipinski definition) is 2. The van der Waals surface area contributed by atoms with E-state index in [-0.39, 0.29) is 5.75 Å². The first kappa shape index (κ1) is 15.9. The largest absolute Gasteiger partial charge is 0.508 e. The van der Waals surface area contributed by atoms with Crippen molar-refractivity contribution < 1.29 is 5.11 Å². The molecule has 1 aliphatic rings. The average molecular weight is 366 g/mol. The van der Waals surface area contributed by atoms with Crippen LogP contribution in [0.15, 0.2) is 34.7 Å². The van der Waals surface area contributed by atoms with Crippen LogP contribution in [-0.4, -0.2) is 21.3 Å². The highest BCUT2D eigenvalue weighted by Gasteiger charge is 2.26. The summed E-state index contributed by atoms with van der Waals surface area (Å²) in [7, 11) is 0. The monoisotopic (exact) mass is 366 g/mol. The molecule has 0 saturated carbocycles. The first-order valence-corrected chi connectivity index (χ1v) is 9.76. The number of hydrogen-bond acceptors (Lipinski definition) is 7. The summed E-state index contributed by atoms with van der Waals surface area (Å²) >= 11 is 3.20. The zero-order valence-electron chi connectivity index (χ0n) is 13.4. The van der Waals surface area contributed by atoms with Crippen molar-refractivity contribution in [2.24, 2.45) is 0 Å². The van der Waals surface area contributed by atoms with Crippen LogP contribution >= 0.6 is 23.1 Å². The van der Waals surface area contributed by atoms with Crippen molar-refractivity contribution in [3.63, 3.8) is 0 Å². The molecular weight excluding hydrogens is 352 g/mol. The van der Waals surface area contributed by atoms with Crippen LogP contribution in [0.5, 0.6) is 5.75 Å². The molecule has 124 valence electrons. The second-order valence-corrected chi connectivity index (χ2v) is 7.72. The van der Waals surface area contributed by atoms with Crippen molar-refractivity contribution >= 4 is 34.7 Å². The summed E-state index contributed by atoms with van der Waals surface area (Å²) in [5.41, 5.74) is 5.04. The molecule has 0 radical (unpaired) electrons. The molecule has 2 N–H and O–H groups in total. The topological polar surface area (TPSA) is 81.8 Å². The summed E-state index contributed by atoms with van der Waals surface area (Å²) in [4.78, 5) is 9.93. The van der Waals surface area contributed by atoms with E-state index in [0.717, 1.165) is 50.0 Å². The highest BCUT2D eigenvalue weighted by Crippen LogP contribution is 2.45. The number of thioether (sulfide) groups is 1. The molecular formula is C18H14N4OS2. The van der Waals surface area contributed by atoms with Crippen molar-refractivity contribution in [1.82, 2.24) is 9.97 Å². The predicted molar refractivity (Wildman–Crippen MR) is 101 cm³/mol. The zero-order chi connectivity index (χ0) is 17.4. The van der Waals surface area contributed by atoms with Gasteiger partial charge in [0.2, 0.25) is 5.95 Å². The molecule has 1 aromatic carbocycles. The number of aryl methyl sites for hydroxylation is 1. The molecule has 2 aromatic heterocycles. The lowest BCUT2D eigenvalue weighted by Gasteiger charge is -2.17. The number of aromatic nitrogens is 2. The van der Waals surface area contributed by atoms with E-state index in [2.05, 4.69) is 16.4 Å². The summed E-state index contributed by atoms with van der Waals surface area (Å²) in [6.45, 7) is 0. The fourth-order valence-corrected chi connectivity index (χ4v) is 4.84. The minimum absolute atomic E-state index is 0.216. The molecule has 0 aliphatic heterocycles. The van der Waals surface area contributed by atoms with Gasteiger partial charge in [0, 0.05) is 17.4 Å². The van der Waals surface area contributed by atoms with Crippen LogP contribution in [0.4, 0.5) is 11.6 Å². The molecule has 0 atom stereocenters. The number of aromatic hydroxyl groups is 1. The Bertz CT molecular complexity index is 990. The van der Waals surface area contributed by atoms with Gasteiger partial charge in [0.25, 0.3) is 0 Å². The van der Waals surface area contributed by atoms with E-state index < -0.39 is 0 Å². The maximum absolute atomic E-state index is 9.41. The smallest absolute Gasteiger partial charge is 0.227 e. The van der Waals surface area contributed by atoms with Gasteiger partial charge in [-0.1, -0.05) is 0 Å². The zero-order valence-corrected chi connectivity index (χ0v) is 15.0. The van der Waals surface area contributed by atoms with Crippen molar-refractivity contribution in [3.05, 3.63) is 46.5 Å². The Balaban J connectivity index is 1.77. The van der Waals surface area contributed by atoms with Crippen LogP contribution in [0.3, 0.4) is 0 Å². The third-order valence-electron chi connectivity index (χ3n) is 4.13. The summed E-state index contributed by atoms with van der Waals surface area (Å²) in [5.74, 6) is 0.725. The van der Waals surface area contributed by atoms with Gasteiger partial charge in [-0.3, -0.25) is 0 Å².